The van der Waals surface area contributed by atoms with E-state index in [0.29, 0.717) is 43.2 Å². The normalized spacial score (nSPS) is 15.1. The van der Waals surface area contributed by atoms with Crippen molar-refractivity contribution in [1.82, 2.24) is 9.97 Å². The number of nitriles is 1. The Hall–Kier alpha value is -4.16. The van der Waals surface area contributed by atoms with E-state index < -0.39 is 28.8 Å². The predicted octanol–water partition coefficient (Wildman–Crippen LogP) is 8.04. The highest BCUT2D eigenvalue weighted by molar-refractivity contribution is 14.1. The van der Waals surface area contributed by atoms with Gasteiger partial charge in [0.05, 0.1) is 17.2 Å². The van der Waals surface area contributed by atoms with Gasteiger partial charge in [-0.2, -0.15) is 5.26 Å². The molecule has 3 amide bonds. The third-order valence-electron chi connectivity index (χ3n) is 7.59. The first-order chi connectivity index (χ1) is 21.9. The van der Waals surface area contributed by atoms with Crippen LogP contribution in [0.3, 0.4) is 0 Å². The number of rotatable bonds is 8. The molecule has 2 aliphatic carbocycles. The number of carbonyl (C=O) groups is 3. The average Bonchev–Trinajstić information content (AvgIpc) is 3.94. The molecule has 2 saturated carbocycles. The Morgan fingerprint density at radius 1 is 1.15 bits per heavy atom. The fraction of sp³-hybridized carbons (Fsp3) is 0.333. The maximum Gasteiger partial charge on any atom is 0.422 e. The molecule has 0 radical (unpaired) electrons. The molecule has 0 bridgehead atoms. The molecule has 46 heavy (non-hydrogen) atoms. The second-order valence-electron chi connectivity index (χ2n) is 12.3. The SMILES string of the molecule is CC(C)(C)OC(=O)N(C(=O)c1cccc(C2(C#N)CC2)c1CI)c1cc(Oc2ccc3nc(NC(=O)C4CC4)sc3n2)ccc1F. The monoisotopic (exact) mass is 753 g/mol. The molecule has 0 atom stereocenters. The van der Waals surface area contributed by atoms with Crippen molar-refractivity contribution < 1.29 is 28.2 Å². The molecule has 0 aliphatic heterocycles. The number of halogens is 2. The van der Waals surface area contributed by atoms with E-state index in [4.69, 9.17) is 9.47 Å². The minimum atomic E-state index is -1.07. The van der Waals surface area contributed by atoms with E-state index in [2.05, 4.69) is 43.9 Å². The van der Waals surface area contributed by atoms with Crippen molar-refractivity contribution in [3.63, 3.8) is 0 Å². The van der Waals surface area contributed by atoms with E-state index in [1.54, 1.807) is 45.0 Å². The number of hydrogen-bond donors (Lipinski definition) is 1. The van der Waals surface area contributed by atoms with Crippen LogP contribution in [0.2, 0.25) is 0 Å². The third-order valence-corrected chi connectivity index (χ3v) is 9.23. The number of nitrogens with zero attached hydrogens (tertiary/aromatic N) is 4. The number of fused-ring (bicyclic) bond motifs is 1. The van der Waals surface area contributed by atoms with Crippen LogP contribution >= 0.6 is 33.9 Å². The first-order valence-corrected chi connectivity index (χ1v) is 17.0. The Morgan fingerprint density at radius 3 is 2.57 bits per heavy atom. The number of imide groups is 1. The van der Waals surface area contributed by atoms with Crippen molar-refractivity contribution in [2.45, 2.75) is 61.9 Å². The van der Waals surface area contributed by atoms with Crippen molar-refractivity contribution in [1.29, 1.82) is 5.26 Å². The van der Waals surface area contributed by atoms with Gasteiger partial charge in [-0.1, -0.05) is 46.1 Å². The summed E-state index contributed by atoms with van der Waals surface area (Å²) in [7, 11) is 0. The number of benzene rings is 2. The van der Waals surface area contributed by atoms with E-state index in [-0.39, 0.29) is 34.7 Å². The summed E-state index contributed by atoms with van der Waals surface area (Å²) in [6.07, 6.45) is 2.03. The molecule has 10 nitrogen and oxygen atoms in total. The minimum Gasteiger partial charge on any atom is -0.443 e. The number of thiazole rings is 1. The quantitative estimate of drug-likeness (QED) is 0.141. The summed E-state index contributed by atoms with van der Waals surface area (Å²) in [6, 6.07) is 14.4. The molecule has 2 aromatic heterocycles. The third kappa shape index (κ3) is 6.54. The van der Waals surface area contributed by atoms with Crippen LogP contribution in [-0.4, -0.2) is 33.5 Å². The largest absolute Gasteiger partial charge is 0.443 e. The van der Waals surface area contributed by atoms with Crippen molar-refractivity contribution in [2.24, 2.45) is 5.92 Å². The lowest BCUT2D eigenvalue weighted by atomic mass is 9.90. The van der Waals surface area contributed by atoms with Crippen LogP contribution < -0.4 is 15.0 Å². The van der Waals surface area contributed by atoms with Crippen LogP contribution in [0, 0.1) is 23.1 Å². The van der Waals surface area contributed by atoms with Gasteiger partial charge in [-0.15, -0.1) is 0 Å². The van der Waals surface area contributed by atoms with Crippen molar-refractivity contribution >= 4 is 73.0 Å². The van der Waals surface area contributed by atoms with Gasteiger partial charge in [0, 0.05) is 28.0 Å². The number of nitrogens with one attached hydrogen (secondary N) is 1. The molecule has 6 rings (SSSR count). The fourth-order valence-corrected chi connectivity index (χ4v) is 6.63. The maximum atomic E-state index is 15.6. The average molecular weight is 754 g/mol. The lowest BCUT2D eigenvalue weighted by Gasteiger charge is -2.27. The van der Waals surface area contributed by atoms with Gasteiger partial charge in [-0.25, -0.2) is 24.1 Å². The molecular weight excluding hydrogens is 724 g/mol. The van der Waals surface area contributed by atoms with Gasteiger partial charge >= 0.3 is 6.09 Å². The Kier molecular flexibility index (Phi) is 8.45. The summed E-state index contributed by atoms with van der Waals surface area (Å²) in [5.74, 6) is -1.40. The van der Waals surface area contributed by atoms with Gasteiger partial charge in [0.1, 0.15) is 27.5 Å². The highest BCUT2D eigenvalue weighted by Crippen LogP contribution is 2.49. The zero-order valence-corrected chi connectivity index (χ0v) is 28.2. The van der Waals surface area contributed by atoms with Gasteiger partial charge in [-0.3, -0.25) is 9.59 Å². The van der Waals surface area contributed by atoms with Crippen molar-refractivity contribution in [3.05, 3.63) is 71.0 Å². The molecule has 0 unspecified atom stereocenters. The van der Waals surface area contributed by atoms with E-state index in [1.165, 1.54) is 23.5 Å². The predicted molar refractivity (Wildman–Crippen MR) is 179 cm³/mol. The number of aromatic nitrogens is 2. The Labute approximate surface area is 282 Å². The number of ether oxygens (including phenoxy) is 2. The number of hydrogen-bond acceptors (Lipinski definition) is 9. The Balaban J connectivity index is 1.34. The first kappa shape index (κ1) is 31.8. The highest BCUT2D eigenvalue weighted by atomic mass is 127. The molecule has 0 saturated heterocycles. The first-order valence-electron chi connectivity index (χ1n) is 14.6. The number of pyridine rings is 1. The highest BCUT2D eigenvalue weighted by Gasteiger charge is 2.47. The van der Waals surface area contributed by atoms with Crippen LogP contribution in [0.5, 0.6) is 11.6 Å². The van der Waals surface area contributed by atoms with E-state index in [1.807, 2.05) is 6.07 Å². The lowest BCUT2D eigenvalue weighted by Crippen LogP contribution is -2.42. The number of anilines is 2. The fourth-order valence-electron chi connectivity index (χ4n) is 4.98. The van der Waals surface area contributed by atoms with Crippen LogP contribution in [0.1, 0.15) is 67.9 Å². The van der Waals surface area contributed by atoms with Crippen LogP contribution in [0.4, 0.5) is 20.0 Å². The number of carbonyl (C=O) groups excluding carboxylic acids is 3. The van der Waals surface area contributed by atoms with E-state index in [0.717, 1.165) is 24.5 Å². The van der Waals surface area contributed by atoms with E-state index >= 15 is 4.39 Å². The molecule has 2 aliphatic rings. The summed E-state index contributed by atoms with van der Waals surface area (Å²) in [6.45, 7) is 4.94. The maximum absolute atomic E-state index is 15.6. The molecule has 2 aromatic carbocycles. The summed E-state index contributed by atoms with van der Waals surface area (Å²) >= 11 is 3.32. The van der Waals surface area contributed by atoms with Crippen LogP contribution in [0.25, 0.3) is 10.3 Å². The zero-order valence-electron chi connectivity index (χ0n) is 25.2. The van der Waals surface area contributed by atoms with Crippen molar-refractivity contribution in [2.75, 3.05) is 10.2 Å². The summed E-state index contributed by atoms with van der Waals surface area (Å²) < 4.78 is 27.5. The Morgan fingerprint density at radius 2 is 1.91 bits per heavy atom. The standard InChI is InChI=1S/C33H29FIN5O5S/c1-32(2,3)45-31(43)40(29(42)20-5-4-6-22(21(20)16-35)33(17-36)13-14-33)25-15-19(9-10-23(25)34)44-26-12-11-24-28(38-26)46-30(37-24)39-27(41)18-7-8-18/h4-6,9-12,15,18H,7-8,13-14,16H2,1-3H3,(H,37,39,41). The smallest absolute Gasteiger partial charge is 0.422 e. The second-order valence-corrected chi connectivity index (χ2v) is 14.0. The number of amides is 3. The molecule has 13 heteroatoms. The Bertz CT molecular complexity index is 1930. The molecular formula is C33H29FIN5O5S. The summed E-state index contributed by atoms with van der Waals surface area (Å²) in [5, 5.41) is 13.1. The minimum absolute atomic E-state index is 0.0307. The second kappa shape index (κ2) is 12.2. The zero-order chi connectivity index (χ0) is 32.8. The van der Waals surface area contributed by atoms with Gasteiger partial charge < -0.3 is 14.8 Å². The molecule has 4 aromatic rings. The molecule has 236 valence electrons. The van der Waals surface area contributed by atoms with Gasteiger partial charge in [0.25, 0.3) is 5.91 Å². The molecule has 0 spiro atoms. The number of alkyl halides is 1. The molecule has 2 heterocycles. The van der Waals surface area contributed by atoms with Crippen LogP contribution in [0.15, 0.2) is 48.5 Å². The lowest BCUT2D eigenvalue weighted by molar-refractivity contribution is -0.117. The van der Waals surface area contributed by atoms with Gasteiger partial charge in [0.2, 0.25) is 11.8 Å². The van der Waals surface area contributed by atoms with Crippen LogP contribution in [-0.2, 0) is 19.4 Å². The van der Waals surface area contributed by atoms with E-state index in [9.17, 15) is 19.6 Å². The summed E-state index contributed by atoms with van der Waals surface area (Å²) in [5.41, 5.74) is 0.0573. The molecule has 2 fully saturated rings. The summed E-state index contributed by atoms with van der Waals surface area (Å²) in [4.78, 5) is 50.0. The van der Waals surface area contributed by atoms with Gasteiger partial charge in [-0.05, 0) is 81.8 Å². The molecule has 1 N–H and O–H groups in total. The van der Waals surface area contributed by atoms with Crippen molar-refractivity contribution in [3.8, 4) is 17.7 Å². The van der Waals surface area contributed by atoms with Gasteiger partial charge in [0.15, 0.2) is 5.13 Å². The topological polar surface area (TPSA) is 135 Å².